The molecule has 0 radical (unpaired) electrons. The molecule has 0 saturated carbocycles. The predicted molar refractivity (Wildman–Crippen MR) is 93.5 cm³/mol. The van der Waals surface area contributed by atoms with Gasteiger partial charge in [-0.05, 0) is 19.3 Å². The first-order chi connectivity index (χ1) is 11.1. The second-order valence-electron chi connectivity index (χ2n) is 6.39. The zero-order valence-electron chi connectivity index (χ0n) is 15.1. The Morgan fingerprint density at radius 3 is 1.78 bits per heavy atom. The van der Waals surface area contributed by atoms with E-state index < -0.39 is 12.1 Å². The Balaban J connectivity index is 3.61. The Morgan fingerprint density at radius 1 is 0.783 bits per heavy atom. The van der Waals surface area contributed by atoms with E-state index in [1.54, 1.807) is 0 Å². The van der Waals surface area contributed by atoms with Gasteiger partial charge < -0.3 is 9.84 Å². The molecule has 1 N–H and O–H groups in total. The van der Waals surface area contributed by atoms with Crippen LogP contribution < -0.4 is 0 Å². The highest BCUT2D eigenvalue weighted by molar-refractivity contribution is 5.77. The van der Waals surface area contributed by atoms with Crippen LogP contribution in [0.1, 0.15) is 104 Å². The van der Waals surface area contributed by atoms with Crippen molar-refractivity contribution in [3.63, 3.8) is 0 Å². The highest BCUT2D eigenvalue weighted by Gasteiger charge is 2.21. The van der Waals surface area contributed by atoms with Crippen LogP contribution in [0.2, 0.25) is 0 Å². The average molecular weight is 328 g/mol. The molecular weight excluding hydrogens is 292 g/mol. The lowest BCUT2D eigenvalue weighted by molar-refractivity contribution is -0.164. The van der Waals surface area contributed by atoms with Gasteiger partial charge in [0, 0.05) is 6.42 Å². The maximum atomic E-state index is 11.7. The van der Waals surface area contributed by atoms with E-state index in [0.717, 1.165) is 38.5 Å². The summed E-state index contributed by atoms with van der Waals surface area (Å²) in [6.07, 6.45) is 13.3. The summed E-state index contributed by atoms with van der Waals surface area (Å²) in [6.45, 7) is 4.28. The fourth-order valence-electron chi connectivity index (χ4n) is 2.61. The number of hydrogen-bond acceptors (Lipinski definition) is 3. The summed E-state index contributed by atoms with van der Waals surface area (Å²) >= 11 is 0. The van der Waals surface area contributed by atoms with Crippen LogP contribution in [0, 0.1) is 0 Å². The van der Waals surface area contributed by atoms with E-state index in [1.165, 1.54) is 38.5 Å². The van der Waals surface area contributed by atoms with Gasteiger partial charge in [0.05, 0.1) is 0 Å². The Bertz CT molecular complexity index is 302. The lowest BCUT2D eigenvalue weighted by Gasteiger charge is -2.13. The topological polar surface area (TPSA) is 63.6 Å². The molecule has 0 aliphatic carbocycles. The Hall–Kier alpha value is -1.06. The number of esters is 1. The number of rotatable bonds is 16. The molecule has 0 bridgehead atoms. The molecule has 136 valence electrons. The highest BCUT2D eigenvalue weighted by atomic mass is 16.6. The zero-order valence-corrected chi connectivity index (χ0v) is 15.1. The molecule has 0 aromatic carbocycles. The second kappa shape index (κ2) is 15.8. The van der Waals surface area contributed by atoms with Crippen LogP contribution in [0.15, 0.2) is 0 Å². The number of ether oxygens (including phenoxy) is 1. The van der Waals surface area contributed by atoms with Crippen molar-refractivity contribution >= 4 is 11.9 Å². The maximum absolute atomic E-state index is 11.7. The number of unbranched alkanes of at least 4 members (excludes halogenated alkanes) is 10. The van der Waals surface area contributed by atoms with Gasteiger partial charge >= 0.3 is 11.9 Å². The van der Waals surface area contributed by atoms with Gasteiger partial charge in [-0.2, -0.15) is 0 Å². The first-order valence-electron chi connectivity index (χ1n) is 9.54. The largest absolute Gasteiger partial charge is 0.479 e. The first-order valence-corrected chi connectivity index (χ1v) is 9.54. The van der Waals surface area contributed by atoms with Gasteiger partial charge in [-0.25, -0.2) is 4.79 Å². The SMILES string of the molecule is CCCCCCCCCCCC(=O)O[C@H](CCCCC)C(=O)O. The molecule has 4 heteroatoms. The number of hydrogen-bond donors (Lipinski definition) is 1. The van der Waals surface area contributed by atoms with E-state index in [-0.39, 0.29) is 5.97 Å². The molecule has 0 aromatic heterocycles. The average Bonchev–Trinajstić information content (AvgIpc) is 2.52. The van der Waals surface area contributed by atoms with Crippen LogP contribution in [0.25, 0.3) is 0 Å². The Labute approximate surface area is 142 Å². The van der Waals surface area contributed by atoms with Crippen LogP contribution in [-0.2, 0) is 14.3 Å². The van der Waals surface area contributed by atoms with Crippen LogP contribution in [0.3, 0.4) is 0 Å². The molecule has 23 heavy (non-hydrogen) atoms. The standard InChI is InChI=1S/C19H36O4/c1-3-5-7-8-9-10-11-12-14-16-18(20)23-17(19(21)22)15-13-6-4-2/h17H,3-16H2,1-2H3,(H,21,22)/t17-/m1/s1. The molecule has 0 rings (SSSR count). The van der Waals surface area contributed by atoms with Crippen molar-refractivity contribution < 1.29 is 19.4 Å². The molecule has 0 spiro atoms. The number of carbonyl (C=O) groups is 2. The molecular formula is C19H36O4. The van der Waals surface area contributed by atoms with Crippen molar-refractivity contribution in [3.8, 4) is 0 Å². The zero-order chi connectivity index (χ0) is 17.3. The molecule has 0 unspecified atom stereocenters. The van der Waals surface area contributed by atoms with Gasteiger partial charge in [0.2, 0.25) is 0 Å². The lowest BCUT2D eigenvalue weighted by Crippen LogP contribution is -2.26. The summed E-state index contributed by atoms with van der Waals surface area (Å²) < 4.78 is 5.09. The minimum absolute atomic E-state index is 0.341. The van der Waals surface area contributed by atoms with Crippen molar-refractivity contribution in [3.05, 3.63) is 0 Å². The van der Waals surface area contributed by atoms with E-state index in [1.807, 2.05) is 0 Å². The third kappa shape index (κ3) is 14.3. The van der Waals surface area contributed by atoms with E-state index >= 15 is 0 Å². The summed E-state index contributed by atoms with van der Waals surface area (Å²) in [4.78, 5) is 22.8. The van der Waals surface area contributed by atoms with Crippen molar-refractivity contribution in [1.82, 2.24) is 0 Å². The lowest BCUT2D eigenvalue weighted by atomic mass is 10.1. The molecule has 0 amide bonds. The van der Waals surface area contributed by atoms with E-state index in [2.05, 4.69) is 13.8 Å². The fraction of sp³-hybridized carbons (Fsp3) is 0.895. The summed E-state index contributed by atoms with van der Waals surface area (Å²) in [5.74, 6) is -1.39. The maximum Gasteiger partial charge on any atom is 0.345 e. The second-order valence-corrected chi connectivity index (χ2v) is 6.39. The molecule has 0 aliphatic rings. The van der Waals surface area contributed by atoms with Gasteiger partial charge in [-0.1, -0.05) is 78.1 Å². The van der Waals surface area contributed by atoms with Crippen molar-refractivity contribution in [2.75, 3.05) is 0 Å². The monoisotopic (exact) mass is 328 g/mol. The van der Waals surface area contributed by atoms with E-state index in [4.69, 9.17) is 9.84 Å². The fourth-order valence-corrected chi connectivity index (χ4v) is 2.61. The van der Waals surface area contributed by atoms with E-state index in [9.17, 15) is 9.59 Å². The third-order valence-corrected chi connectivity index (χ3v) is 4.10. The number of aliphatic carboxylic acids is 1. The summed E-state index contributed by atoms with van der Waals surface area (Å²) in [5, 5.41) is 9.07. The van der Waals surface area contributed by atoms with Gasteiger partial charge in [-0.3, -0.25) is 4.79 Å². The summed E-state index contributed by atoms with van der Waals surface area (Å²) in [5.41, 5.74) is 0. The molecule has 0 saturated heterocycles. The molecule has 0 aromatic rings. The molecule has 0 aliphatic heterocycles. The minimum Gasteiger partial charge on any atom is -0.479 e. The number of carboxylic acid groups (broad SMARTS) is 1. The van der Waals surface area contributed by atoms with E-state index in [0.29, 0.717) is 12.8 Å². The normalized spacial score (nSPS) is 12.1. The minimum atomic E-state index is -1.03. The van der Waals surface area contributed by atoms with Crippen molar-refractivity contribution in [2.45, 2.75) is 110 Å². The van der Waals surface area contributed by atoms with Crippen LogP contribution >= 0.6 is 0 Å². The van der Waals surface area contributed by atoms with Crippen molar-refractivity contribution in [2.24, 2.45) is 0 Å². The number of carboxylic acids is 1. The molecule has 0 fully saturated rings. The summed E-state index contributed by atoms with van der Waals surface area (Å²) in [6, 6.07) is 0. The van der Waals surface area contributed by atoms with Crippen LogP contribution in [0.4, 0.5) is 0 Å². The first kappa shape index (κ1) is 21.9. The summed E-state index contributed by atoms with van der Waals surface area (Å²) in [7, 11) is 0. The quantitative estimate of drug-likeness (QED) is 0.301. The third-order valence-electron chi connectivity index (χ3n) is 4.10. The highest BCUT2D eigenvalue weighted by Crippen LogP contribution is 2.12. The number of carbonyl (C=O) groups excluding carboxylic acids is 1. The smallest absolute Gasteiger partial charge is 0.345 e. The van der Waals surface area contributed by atoms with Gasteiger partial charge in [0.1, 0.15) is 0 Å². The predicted octanol–water partition coefficient (Wildman–Crippen LogP) is 5.48. The Kier molecular flexibility index (Phi) is 15.1. The Morgan fingerprint density at radius 2 is 1.26 bits per heavy atom. The molecule has 4 nitrogen and oxygen atoms in total. The van der Waals surface area contributed by atoms with Crippen LogP contribution in [0.5, 0.6) is 0 Å². The van der Waals surface area contributed by atoms with Gasteiger partial charge in [0.15, 0.2) is 6.10 Å². The molecule has 0 heterocycles. The van der Waals surface area contributed by atoms with Crippen LogP contribution in [-0.4, -0.2) is 23.1 Å². The van der Waals surface area contributed by atoms with Crippen molar-refractivity contribution in [1.29, 1.82) is 0 Å². The van der Waals surface area contributed by atoms with Gasteiger partial charge in [0.25, 0.3) is 0 Å². The molecule has 1 atom stereocenters. The van der Waals surface area contributed by atoms with Gasteiger partial charge in [-0.15, -0.1) is 0 Å².